The Hall–Kier alpha value is -1.82. The van der Waals surface area contributed by atoms with Crippen molar-refractivity contribution in [2.45, 2.75) is 19.4 Å². The summed E-state index contributed by atoms with van der Waals surface area (Å²) in [5.74, 6) is 0.0539. The first-order chi connectivity index (χ1) is 9.60. The zero-order valence-electron chi connectivity index (χ0n) is 11.7. The molecule has 0 amide bonds. The maximum absolute atomic E-state index is 12.9. The number of nitrogens with two attached hydrogens (primary N) is 1. The van der Waals surface area contributed by atoms with Gasteiger partial charge in [0, 0.05) is 44.3 Å². The molecule has 0 aromatic heterocycles. The molecule has 5 nitrogen and oxygen atoms in total. The normalized spacial score (nSPS) is 19.1. The Morgan fingerprint density at radius 3 is 2.45 bits per heavy atom. The van der Waals surface area contributed by atoms with Gasteiger partial charge >= 0.3 is 0 Å². The first kappa shape index (κ1) is 14.6. The molecular formula is C14H21FN4O. The highest BCUT2D eigenvalue weighted by atomic mass is 19.1. The average molecular weight is 280 g/mol. The molecule has 0 aliphatic carbocycles. The molecule has 110 valence electrons. The summed E-state index contributed by atoms with van der Waals surface area (Å²) in [6, 6.07) is 6.85. The van der Waals surface area contributed by atoms with Gasteiger partial charge in [-0.15, -0.1) is 0 Å². The summed E-state index contributed by atoms with van der Waals surface area (Å²) >= 11 is 0. The third-order valence-electron chi connectivity index (χ3n) is 3.76. The van der Waals surface area contributed by atoms with Crippen LogP contribution in [-0.4, -0.2) is 48.2 Å². The lowest BCUT2D eigenvalue weighted by atomic mass is 10.1. The quantitative estimate of drug-likeness (QED) is 0.379. The third-order valence-corrected chi connectivity index (χ3v) is 3.76. The molecule has 0 saturated carbocycles. The highest BCUT2D eigenvalue weighted by molar-refractivity contribution is 5.80. The second kappa shape index (κ2) is 6.56. The number of hydrogen-bond acceptors (Lipinski definition) is 4. The van der Waals surface area contributed by atoms with Gasteiger partial charge in [-0.25, -0.2) is 4.39 Å². The van der Waals surface area contributed by atoms with E-state index in [9.17, 15) is 4.39 Å². The number of oxime groups is 1. The number of anilines is 1. The molecule has 1 atom stereocenters. The van der Waals surface area contributed by atoms with E-state index in [-0.39, 0.29) is 17.7 Å². The van der Waals surface area contributed by atoms with Gasteiger partial charge < -0.3 is 15.8 Å². The van der Waals surface area contributed by atoms with Crippen molar-refractivity contribution in [3.8, 4) is 0 Å². The molecule has 6 heteroatoms. The van der Waals surface area contributed by atoms with Gasteiger partial charge in [-0.3, -0.25) is 4.90 Å². The highest BCUT2D eigenvalue weighted by Crippen LogP contribution is 2.18. The fourth-order valence-corrected chi connectivity index (χ4v) is 2.55. The highest BCUT2D eigenvalue weighted by Gasteiger charge is 2.21. The van der Waals surface area contributed by atoms with E-state index in [1.165, 1.54) is 12.1 Å². The predicted molar refractivity (Wildman–Crippen MR) is 77.7 cm³/mol. The third kappa shape index (κ3) is 3.60. The van der Waals surface area contributed by atoms with Crippen LogP contribution < -0.4 is 10.6 Å². The van der Waals surface area contributed by atoms with Crippen LogP contribution in [0.5, 0.6) is 0 Å². The zero-order chi connectivity index (χ0) is 14.5. The molecule has 1 aliphatic heterocycles. The number of nitrogens with zero attached hydrogens (tertiary/aromatic N) is 3. The SMILES string of the molecule is CC(CC(N)=NO)N1CCN(c2ccc(F)cc2)CC1. The van der Waals surface area contributed by atoms with E-state index in [1.807, 2.05) is 12.1 Å². The van der Waals surface area contributed by atoms with Gasteiger partial charge in [-0.2, -0.15) is 0 Å². The van der Waals surface area contributed by atoms with Crippen molar-refractivity contribution < 1.29 is 9.60 Å². The lowest BCUT2D eigenvalue weighted by Gasteiger charge is -2.39. The van der Waals surface area contributed by atoms with Gasteiger partial charge in [0.1, 0.15) is 11.7 Å². The van der Waals surface area contributed by atoms with E-state index >= 15 is 0 Å². The number of amidine groups is 1. The maximum Gasteiger partial charge on any atom is 0.140 e. The van der Waals surface area contributed by atoms with E-state index < -0.39 is 0 Å². The minimum atomic E-state index is -0.209. The van der Waals surface area contributed by atoms with Gasteiger partial charge in [0.2, 0.25) is 0 Å². The van der Waals surface area contributed by atoms with Crippen molar-refractivity contribution in [2.24, 2.45) is 10.9 Å². The van der Waals surface area contributed by atoms with Crippen LogP contribution in [0.15, 0.2) is 29.4 Å². The van der Waals surface area contributed by atoms with E-state index in [4.69, 9.17) is 10.9 Å². The minimum Gasteiger partial charge on any atom is -0.409 e. The second-order valence-electron chi connectivity index (χ2n) is 5.14. The molecule has 20 heavy (non-hydrogen) atoms. The number of piperazine rings is 1. The van der Waals surface area contributed by atoms with Crippen LogP contribution in [0, 0.1) is 5.82 Å². The fourth-order valence-electron chi connectivity index (χ4n) is 2.55. The Bertz CT molecular complexity index is 455. The Kier molecular flexibility index (Phi) is 4.79. The van der Waals surface area contributed by atoms with Crippen molar-refractivity contribution in [1.82, 2.24) is 4.90 Å². The Morgan fingerprint density at radius 1 is 1.30 bits per heavy atom. The lowest BCUT2D eigenvalue weighted by molar-refractivity contribution is 0.199. The topological polar surface area (TPSA) is 65.1 Å². The van der Waals surface area contributed by atoms with Crippen LogP contribution in [0.1, 0.15) is 13.3 Å². The molecule has 1 fully saturated rings. The Labute approximate surface area is 118 Å². The summed E-state index contributed by atoms with van der Waals surface area (Å²) in [5, 5.41) is 11.6. The minimum absolute atomic E-state index is 0.209. The van der Waals surface area contributed by atoms with Crippen molar-refractivity contribution in [3.63, 3.8) is 0 Å². The molecule has 1 aliphatic rings. The predicted octanol–water partition coefficient (Wildman–Crippen LogP) is 1.47. The first-order valence-corrected chi connectivity index (χ1v) is 6.81. The summed E-state index contributed by atoms with van der Waals surface area (Å²) in [6.07, 6.45) is 0.563. The van der Waals surface area contributed by atoms with Crippen molar-refractivity contribution >= 4 is 11.5 Å². The van der Waals surface area contributed by atoms with Crippen LogP contribution in [0.25, 0.3) is 0 Å². The van der Waals surface area contributed by atoms with Crippen molar-refractivity contribution in [1.29, 1.82) is 0 Å². The van der Waals surface area contributed by atoms with Gasteiger partial charge in [-0.05, 0) is 31.2 Å². The maximum atomic E-state index is 12.9. The number of hydrogen-bond donors (Lipinski definition) is 2. The van der Waals surface area contributed by atoms with Gasteiger partial charge in [0.05, 0.1) is 0 Å². The summed E-state index contributed by atoms with van der Waals surface area (Å²) in [6.45, 7) is 5.69. The van der Waals surface area contributed by atoms with Gasteiger partial charge in [0.15, 0.2) is 0 Å². The van der Waals surface area contributed by atoms with E-state index in [0.29, 0.717) is 6.42 Å². The standard InChI is InChI=1S/C14H21FN4O/c1-11(10-14(16)17-20)18-6-8-19(9-7-18)13-4-2-12(15)3-5-13/h2-5,11,20H,6-10H2,1H3,(H2,16,17). The lowest BCUT2D eigenvalue weighted by Crippen LogP contribution is -2.50. The van der Waals surface area contributed by atoms with Crippen molar-refractivity contribution in [3.05, 3.63) is 30.1 Å². The average Bonchev–Trinajstić information content (AvgIpc) is 2.48. The van der Waals surface area contributed by atoms with Crippen LogP contribution in [0.2, 0.25) is 0 Å². The molecule has 1 aromatic carbocycles. The molecule has 3 N–H and O–H groups in total. The molecular weight excluding hydrogens is 259 g/mol. The number of benzene rings is 1. The summed E-state index contributed by atoms with van der Waals surface area (Å²) in [4.78, 5) is 4.56. The fraction of sp³-hybridized carbons (Fsp3) is 0.500. The van der Waals surface area contributed by atoms with Crippen LogP contribution in [-0.2, 0) is 0 Å². The monoisotopic (exact) mass is 280 g/mol. The van der Waals surface area contributed by atoms with E-state index in [2.05, 4.69) is 21.9 Å². The van der Waals surface area contributed by atoms with Crippen LogP contribution >= 0.6 is 0 Å². The Balaban J connectivity index is 1.87. The molecule has 0 bridgehead atoms. The number of rotatable bonds is 4. The van der Waals surface area contributed by atoms with Crippen LogP contribution in [0.4, 0.5) is 10.1 Å². The summed E-state index contributed by atoms with van der Waals surface area (Å²) in [7, 11) is 0. The summed E-state index contributed by atoms with van der Waals surface area (Å²) < 4.78 is 12.9. The van der Waals surface area contributed by atoms with E-state index in [0.717, 1.165) is 31.9 Å². The molecule has 0 spiro atoms. The van der Waals surface area contributed by atoms with Gasteiger partial charge in [0.25, 0.3) is 0 Å². The first-order valence-electron chi connectivity index (χ1n) is 6.81. The Morgan fingerprint density at radius 2 is 1.90 bits per heavy atom. The summed E-state index contributed by atoms with van der Waals surface area (Å²) in [5.41, 5.74) is 6.59. The van der Waals surface area contributed by atoms with Gasteiger partial charge in [-0.1, -0.05) is 5.16 Å². The van der Waals surface area contributed by atoms with Crippen LogP contribution in [0.3, 0.4) is 0 Å². The van der Waals surface area contributed by atoms with E-state index in [1.54, 1.807) is 0 Å². The second-order valence-corrected chi connectivity index (χ2v) is 5.14. The molecule has 2 rings (SSSR count). The smallest absolute Gasteiger partial charge is 0.140 e. The van der Waals surface area contributed by atoms with Crippen molar-refractivity contribution in [2.75, 3.05) is 31.1 Å². The molecule has 1 unspecified atom stereocenters. The zero-order valence-corrected chi connectivity index (χ0v) is 11.7. The largest absolute Gasteiger partial charge is 0.409 e. The molecule has 1 saturated heterocycles. The number of halogens is 1. The molecule has 0 radical (unpaired) electrons. The molecule has 1 aromatic rings. The molecule has 1 heterocycles.